The highest BCUT2D eigenvalue weighted by atomic mass is 32.2. The lowest BCUT2D eigenvalue weighted by molar-refractivity contribution is 0.413. The van der Waals surface area contributed by atoms with Gasteiger partial charge in [-0.3, -0.25) is 0 Å². The summed E-state index contributed by atoms with van der Waals surface area (Å²) in [6.45, 7) is 4.44. The van der Waals surface area contributed by atoms with Crippen LogP contribution in [0.1, 0.15) is 35.5 Å². The van der Waals surface area contributed by atoms with E-state index in [9.17, 15) is 0 Å². The molecule has 0 N–H and O–H groups in total. The van der Waals surface area contributed by atoms with Crippen LogP contribution in [0.15, 0.2) is 48.5 Å². The summed E-state index contributed by atoms with van der Waals surface area (Å²) in [7, 11) is 3.45. The summed E-state index contributed by atoms with van der Waals surface area (Å²) in [6.07, 6.45) is 0. The predicted molar refractivity (Wildman–Crippen MR) is 108 cm³/mol. The van der Waals surface area contributed by atoms with Crippen LogP contribution < -0.4 is 9.47 Å². The third-order valence-electron chi connectivity index (χ3n) is 3.81. The molecule has 0 radical (unpaired) electrons. The monoisotopic (exact) mass is 362 g/mol. The normalized spacial score (nSPS) is 13.3. The zero-order chi connectivity index (χ0) is 17.4. The summed E-state index contributed by atoms with van der Waals surface area (Å²) < 4.78 is 10.9. The lowest BCUT2D eigenvalue weighted by Crippen LogP contribution is -2.07. The minimum Gasteiger partial charge on any atom is -0.497 e. The second kappa shape index (κ2) is 9.90. The fourth-order valence-electron chi connectivity index (χ4n) is 2.71. The molecule has 0 aliphatic rings. The van der Waals surface area contributed by atoms with Crippen molar-refractivity contribution >= 4 is 23.5 Å². The molecule has 130 valence electrons. The van der Waals surface area contributed by atoms with Gasteiger partial charge in [-0.05, 0) is 46.9 Å². The SMILES string of the molecule is CCS[C@H](c1cccc(OC)c1)[C@@H](SCC)c1cccc(OC)c1. The summed E-state index contributed by atoms with van der Waals surface area (Å²) in [5.41, 5.74) is 2.63. The number of methoxy groups -OCH3 is 2. The molecular formula is C20H26O2S2. The van der Waals surface area contributed by atoms with Gasteiger partial charge in [-0.15, -0.1) is 0 Å². The lowest BCUT2D eigenvalue weighted by Gasteiger charge is -2.27. The van der Waals surface area contributed by atoms with Gasteiger partial charge in [-0.25, -0.2) is 0 Å². The third kappa shape index (κ3) is 4.87. The molecule has 2 atom stereocenters. The van der Waals surface area contributed by atoms with E-state index in [1.54, 1.807) is 14.2 Å². The van der Waals surface area contributed by atoms with E-state index in [0.717, 1.165) is 23.0 Å². The second-order valence-corrected chi connectivity index (χ2v) is 8.14. The largest absolute Gasteiger partial charge is 0.497 e. The maximum Gasteiger partial charge on any atom is 0.119 e. The Bertz CT molecular complexity index is 575. The number of hydrogen-bond donors (Lipinski definition) is 0. The maximum atomic E-state index is 5.43. The second-order valence-electron chi connectivity index (χ2n) is 5.31. The van der Waals surface area contributed by atoms with E-state index < -0.39 is 0 Å². The highest BCUT2D eigenvalue weighted by Gasteiger charge is 2.25. The molecule has 0 heterocycles. The Hall–Kier alpha value is -1.26. The molecule has 0 unspecified atom stereocenters. The van der Waals surface area contributed by atoms with Crippen molar-refractivity contribution in [2.45, 2.75) is 24.3 Å². The average Bonchev–Trinajstić information content (AvgIpc) is 2.64. The van der Waals surface area contributed by atoms with E-state index >= 15 is 0 Å². The van der Waals surface area contributed by atoms with Crippen LogP contribution in [-0.2, 0) is 0 Å². The molecule has 0 fully saturated rings. The number of rotatable bonds is 9. The zero-order valence-electron chi connectivity index (χ0n) is 14.8. The minimum absolute atomic E-state index is 0.377. The van der Waals surface area contributed by atoms with Crippen LogP contribution in [0, 0.1) is 0 Å². The van der Waals surface area contributed by atoms with Crippen molar-refractivity contribution in [2.24, 2.45) is 0 Å². The van der Waals surface area contributed by atoms with Crippen LogP contribution in [0.2, 0.25) is 0 Å². The topological polar surface area (TPSA) is 18.5 Å². The fraction of sp³-hybridized carbons (Fsp3) is 0.400. The van der Waals surface area contributed by atoms with Gasteiger partial charge < -0.3 is 9.47 Å². The number of ether oxygens (including phenoxy) is 2. The average molecular weight is 363 g/mol. The lowest BCUT2D eigenvalue weighted by atomic mass is 10.0. The van der Waals surface area contributed by atoms with Gasteiger partial charge in [-0.2, -0.15) is 23.5 Å². The van der Waals surface area contributed by atoms with E-state index in [2.05, 4.69) is 50.2 Å². The van der Waals surface area contributed by atoms with Crippen molar-refractivity contribution in [3.8, 4) is 11.5 Å². The van der Waals surface area contributed by atoms with E-state index in [1.807, 2.05) is 35.7 Å². The summed E-state index contributed by atoms with van der Waals surface area (Å²) in [4.78, 5) is 0. The van der Waals surface area contributed by atoms with Gasteiger partial charge in [0.15, 0.2) is 0 Å². The Balaban J connectivity index is 2.42. The predicted octanol–water partition coefficient (Wildman–Crippen LogP) is 5.99. The molecule has 0 bridgehead atoms. The maximum absolute atomic E-state index is 5.43. The fourth-order valence-corrected chi connectivity index (χ4v) is 5.24. The Labute approximate surface area is 154 Å². The molecule has 2 nitrogen and oxygen atoms in total. The molecule has 24 heavy (non-hydrogen) atoms. The van der Waals surface area contributed by atoms with Gasteiger partial charge in [-0.1, -0.05) is 38.1 Å². The summed E-state index contributed by atoms with van der Waals surface area (Å²) in [5, 5.41) is 0.754. The summed E-state index contributed by atoms with van der Waals surface area (Å²) in [6, 6.07) is 16.9. The van der Waals surface area contributed by atoms with Gasteiger partial charge in [0, 0.05) is 10.5 Å². The Morgan fingerprint density at radius 2 is 1.17 bits per heavy atom. The molecular weight excluding hydrogens is 336 g/mol. The van der Waals surface area contributed by atoms with Crippen LogP contribution >= 0.6 is 23.5 Å². The van der Waals surface area contributed by atoms with Crippen LogP contribution in [0.3, 0.4) is 0 Å². The Morgan fingerprint density at radius 1 is 0.750 bits per heavy atom. The van der Waals surface area contributed by atoms with Gasteiger partial charge in [0.05, 0.1) is 14.2 Å². The molecule has 0 saturated carbocycles. The number of thioether (sulfide) groups is 2. The first-order valence-electron chi connectivity index (χ1n) is 8.24. The van der Waals surface area contributed by atoms with Crippen molar-refractivity contribution in [1.29, 1.82) is 0 Å². The van der Waals surface area contributed by atoms with Crippen LogP contribution in [0.5, 0.6) is 11.5 Å². The number of benzene rings is 2. The Kier molecular flexibility index (Phi) is 7.86. The zero-order valence-corrected chi connectivity index (χ0v) is 16.5. The molecule has 0 spiro atoms. The quantitative estimate of drug-likeness (QED) is 0.545. The van der Waals surface area contributed by atoms with Crippen LogP contribution in [0.4, 0.5) is 0 Å². The van der Waals surface area contributed by atoms with E-state index in [4.69, 9.17) is 9.47 Å². The summed E-state index contributed by atoms with van der Waals surface area (Å²) >= 11 is 3.98. The van der Waals surface area contributed by atoms with E-state index in [0.29, 0.717) is 10.5 Å². The van der Waals surface area contributed by atoms with Crippen molar-refractivity contribution in [3.63, 3.8) is 0 Å². The van der Waals surface area contributed by atoms with Gasteiger partial charge in [0.1, 0.15) is 11.5 Å². The molecule has 2 rings (SSSR count). The van der Waals surface area contributed by atoms with E-state index in [-0.39, 0.29) is 0 Å². The first kappa shape index (κ1) is 19.1. The van der Waals surface area contributed by atoms with Crippen molar-refractivity contribution in [1.82, 2.24) is 0 Å². The molecule has 0 amide bonds. The van der Waals surface area contributed by atoms with Crippen LogP contribution in [-0.4, -0.2) is 25.7 Å². The Morgan fingerprint density at radius 3 is 1.50 bits per heavy atom. The highest BCUT2D eigenvalue weighted by molar-refractivity contribution is 8.03. The molecule has 0 saturated heterocycles. The van der Waals surface area contributed by atoms with Crippen molar-refractivity contribution < 1.29 is 9.47 Å². The molecule has 2 aromatic carbocycles. The third-order valence-corrected chi connectivity index (χ3v) is 6.46. The molecule has 0 aliphatic carbocycles. The van der Waals surface area contributed by atoms with E-state index in [1.165, 1.54) is 11.1 Å². The molecule has 4 heteroatoms. The molecule has 2 aromatic rings. The summed E-state index contributed by atoms with van der Waals surface area (Å²) in [5.74, 6) is 3.99. The van der Waals surface area contributed by atoms with Gasteiger partial charge in [0.2, 0.25) is 0 Å². The minimum atomic E-state index is 0.377. The highest BCUT2D eigenvalue weighted by Crippen LogP contribution is 2.48. The van der Waals surface area contributed by atoms with Gasteiger partial charge >= 0.3 is 0 Å². The van der Waals surface area contributed by atoms with Crippen molar-refractivity contribution in [2.75, 3.05) is 25.7 Å². The first-order valence-corrected chi connectivity index (χ1v) is 10.3. The molecule has 0 aliphatic heterocycles. The molecule has 0 aromatic heterocycles. The standard InChI is InChI=1S/C20H26O2S2/c1-5-23-19(15-9-7-11-17(13-15)21-3)20(24-6-2)16-10-8-12-18(14-16)22-4/h7-14,19-20H,5-6H2,1-4H3/t19-,20+. The van der Waals surface area contributed by atoms with Crippen LogP contribution in [0.25, 0.3) is 0 Å². The van der Waals surface area contributed by atoms with Gasteiger partial charge in [0.25, 0.3) is 0 Å². The number of hydrogen-bond acceptors (Lipinski definition) is 4. The van der Waals surface area contributed by atoms with Crippen molar-refractivity contribution in [3.05, 3.63) is 59.7 Å². The first-order chi connectivity index (χ1) is 11.7. The smallest absolute Gasteiger partial charge is 0.119 e.